The molecule has 29 heavy (non-hydrogen) atoms. The zero-order chi connectivity index (χ0) is 21.4. The number of carbonyl (C=O) groups excluding carboxylic acids is 2. The van der Waals surface area contributed by atoms with Crippen LogP contribution in [0.2, 0.25) is 0 Å². The maximum atomic E-state index is 13.9. The van der Waals surface area contributed by atoms with E-state index in [1.54, 1.807) is 35.6 Å². The fraction of sp³-hybridized carbons (Fsp3) is 0.286. The molecule has 2 aromatic rings. The highest BCUT2D eigenvalue weighted by Gasteiger charge is 2.65. The second-order valence-corrected chi connectivity index (χ2v) is 7.77. The fourth-order valence-electron chi connectivity index (χ4n) is 2.88. The number of hydrogen-bond donors (Lipinski definition) is 2. The molecule has 2 amide bonds. The Morgan fingerprint density at radius 2 is 1.59 bits per heavy atom. The number of carbonyl (C=O) groups is 2. The Kier molecular flexibility index (Phi) is 4.98. The van der Waals surface area contributed by atoms with Gasteiger partial charge in [-0.15, -0.1) is 0 Å². The predicted molar refractivity (Wildman–Crippen MR) is 103 cm³/mol. The smallest absolute Gasteiger partial charge is 0.312 e. The fourth-order valence-corrected chi connectivity index (χ4v) is 2.88. The van der Waals surface area contributed by atoms with Crippen LogP contribution in [0.15, 0.2) is 59.6 Å². The van der Waals surface area contributed by atoms with Crippen LogP contribution in [0.4, 0.5) is 13.2 Å². The number of amides is 2. The van der Waals surface area contributed by atoms with Gasteiger partial charge < -0.3 is 10.6 Å². The topological polar surface area (TPSA) is 70.6 Å². The normalized spacial score (nSPS) is 19.5. The van der Waals surface area contributed by atoms with Crippen LogP contribution >= 0.6 is 0 Å². The lowest BCUT2D eigenvalue weighted by molar-refractivity contribution is -0.192. The van der Waals surface area contributed by atoms with Gasteiger partial charge in [0.15, 0.2) is 0 Å². The van der Waals surface area contributed by atoms with Crippen LogP contribution in [0.25, 0.3) is 0 Å². The van der Waals surface area contributed by atoms with E-state index in [4.69, 9.17) is 0 Å². The molecule has 152 valence electrons. The third kappa shape index (κ3) is 3.87. The van der Waals surface area contributed by atoms with Gasteiger partial charge >= 0.3 is 11.8 Å². The van der Waals surface area contributed by atoms with E-state index in [0.29, 0.717) is 5.56 Å². The van der Waals surface area contributed by atoms with Gasteiger partial charge in [0, 0.05) is 11.1 Å². The van der Waals surface area contributed by atoms with Gasteiger partial charge in [0.05, 0.1) is 0 Å². The second kappa shape index (κ2) is 7.02. The maximum absolute atomic E-state index is 13.9. The van der Waals surface area contributed by atoms with E-state index in [-0.39, 0.29) is 16.8 Å². The Morgan fingerprint density at radius 1 is 1.00 bits per heavy atom. The number of amidine groups is 1. The van der Waals surface area contributed by atoms with Gasteiger partial charge in [0.1, 0.15) is 5.84 Å². The minimum Gasteiger partial charge on any atom is -0.312 e. The van der Waals surface area contributed by atoms with Crippen molar-refractivity contribution in [2.45, 2.75) is 38.0 Å². The molecule has 1 aliphatic heterocycles. The highest BCUT2D eigenvalue weighted by Crippen LogP contribution is 2.35. The number of benzene rings is 2. The van der Waals surface area contributed by atoms with Crippen molar-refractivity contribution < 1.29 is 22.8 Å². The van der Waals surface area contributed by atoms with Gasteiger partial charge in [-0.25, -0.2) is 4.99 Å². The molecule has 0 aliphatic carbocycles. The first-order chi connectivity index (χ1) is 13.4. The molecular formula is C21H20F3N3O2. The molecule has 1 aliphatic rings. The van der Waals surface area contributed by atoms with Gasteiger partial charge in [-0.3, -0.25) is 9.59 Å². The second-order valence-electron chi connectivity index (χ2n) is 7.77. The summed E-state index contributed by atoms with van der Waals surface area (Å²) < 4.78 is 41.6. The average molecular weight is 403 g/mol. The first kappa shape index (κ1) is 20.6. The van der Waals surface area contributed by atoms with Crippen LogP contribution < -0.4 is 10.6 Å². The zero-order valence-corrected chi connectivity index (χ0v) is 16.1. The van der Waals surface area contributed by atoms with E-state index in [1.165, 1.54) is 24.3 Å². The molecule has 5 nitrogen and oxygen atoms in total. The molecule has 0 radical (unpaired) electrons. The van der Waals surface area contributed by atoms with E-state index in [0.717, 1.165) is 5.56 Å². The van der Waals surface area contributed by atoms with Crippen LogP contribution in [0.3, 0.4) is 0 Å². The molecule has 0 aromatic heterocycles. The van der Waals surface area contributed by atoms with Crippen molar-refractivity contribution in [3.63, 3.8) is 0 Å². The summed E-state index contributed by atoms with van der Waals surface area (Å²) in [7, 11) is 0. The van der Waals surface area contributed by atoms with E-state index >= 15 is 0 Å². The molecule has 0 saturated carbocycles. The molecule has 0 fully saturated rings. The van der Waals surface area contributed by atoms with Crippen molar-refractivity contribution in [2.75, 3.05) is 0 Å². The molecule has 0 unspecified atom stereocenters. The number of hydrogen-bond acceptors (Lipinski definition) is 3. The highest BCUT2D eigenvalue weighted by atomic mass is 19.4. The molecule has 2 aromatic carbocycles. The molecule has 0 spiro atoms. The average Bonchev–Trinajstić information content (AvgIpc) is 2.99. The summed E-state index contributed by atoms with van der Waals surface area (Å²) in [6.07, 6.45) is -5.13. The highest BCUT2D eigenvalue weighted by molar-refractivity contribution is 6.16. The number of rotatable bonds is 3. The van der Waals surface area contributed by atoms with Crippen LogP contribution in [0.1, 0.15) is 42.3 Å². The quantitative estimate of drug-likeness (QED) is 0.823. The minimum atomic E-state index is -5.13. The molecule has 3 rings (SSSR count). The van der Waals surface area contributed by atoms with Crippen molar-refractivity contribution in [1.29, 1.82) is 0 Å². The Morgan fingerprint density at radius 3 is 2.10 bits per heavy atom. The van der Waals surface area contributed by atoms with Crippen LogP contribution in [0.5, 0.6) is 0 Å². The standard InChI is InChI=1S/C21H20F3N3O2/c1-19(2,3)15-11-9-14(10-12-15)17(28)27-20(21(22,23)24)18(29)25-16(26-20)13-7-5-4-6-8-13/h4-12H,1-3H3,(H,27,28)(H,25,26,29)/t20-/m0/s1. The predicted octanol–water partition coefficient (Wildman–Crippen LogP) is 3.55. The van der Waals surface area contributed by atoms with Crippen molar-refractivity contribution >= 4 is 17.6 Å². The van der Waals surface area contributed by atoms with Crippen molar-refractivity contribution in [2.24, 2.45) is 4.99 Å². The molecule has 0 saturated heterocycles. The number of nitrogens with one attached hydrogen (secondary N) is 2. The van der Waals surface area contributed by atoms with E-state index in [2.05, 4.69) is 10.3 Å². The third-order valence-corrected chi connectivity index (χ3v) is 4.61. The maximum Gasteiger partial charge on any atom is 0.442 e. The summed E-state index contributed by atoms with van der Waals surface area (Å²) in [4.78, 5) is 28.4. The number of halogens is 3. The molecule has 2 N–H and O–H groups in total. The molecule has 1 heterocycles. The van der Waals surface area contributed by atoms with E-state index < -0.39 is 23.7 Å². The lowest BCUT2D eigenvalue weighted by Crippen LogP contribution is -2.63. The Hall–Kier alpha value is -3.16. The summed E-state index contributed by atoms with van der Waals surface area (Å²) in [5.41, 5.74) is -2.35. The zero-order valence-electron chi connectivity index (χ0n) is 16.1. The van der Waals surface area contributed by atoms with Crippen molar-refractivity contribution in [1.82, 2.24) is 10.6 Å². The Labute approximate surface area is 166 Å². The first-order valence-corrected chi connectivity index (χ1v) is 8.90. The number of nitrogens with zero attached hydrogens (tertiary/aromatic N) is 1. The van der Waals surface area contributed by atoms with Gasteiger partial charge in [-0.05, 0) is 23.1 Å². The van der Waals surface area contributed by atoms with Gasteiger partial charge in [0.25, 0.3) is 11.8 Å². The van der Waals surface area contributed by atoms with Crippen LogP contribution in [-0.2, 0) is 10.2 Å². The lowest BCUT2D eigenvalue weighted by Gasteiger charge is -2.27. The van der Waals surface area contributed by atoms with Gasteiger partial charge in [-0.1, -0.05) is 63.2 Å². The number of aliphatic imine (C=N–C) groups is 1. The Bertz CT molecular complexity index is 961. The molecule has 1 atom stereocenters. The van der Waals surface area contributed by atoms with Crippen molar-refractivity contribution in [3.05, 3.63) is 71.3 Å². The van der Waals surface area contributed by atoms with Crippen molar-refractivity contribution in [3.8, 4) is 0 Å². The summed E-state index contributed by atoms with van der Waals surface area (Å²) in [5.74, 6) is -2.75. The summed E-state index contributed by atoms with van der Waals surface area (Å²) in [5, 5.41) is 3.92. The Balaban J connectivity index is 1.95. The summed E-state index contributed by atoms with van der Waals surface area (Å²) >= 11 is 0. The summed E-state index contributed by atoms with van der Waals surface area (Å²) in [6, 6.07) is 14.1. The molecule has 8 heteroatoms. The SMILES string of the molecule is CC(C)(C)c1ccc(C(=O)N[C@@]2(C(F)(F)F)N=C(c3ccccc3)NC2=O)cc1. The molecular weight excluding hydrogens is 383 g/mol. The monoisotopic (exact) mass is 403 g/mol. The van der Waals surface area contributed by atoms with Crippen LogP contribution in [0, 0.1) is 0 Å². The summed E-state index contributed by atoms with van der Waals surface area (Å²) in [6.45, 7) is 5.93. The first-order valence-electron chi connectivity index (χ1n) is 8.90. The van der Waals surface area contributed by atoms with Crippen LogP contribution in [-0.4, -0.2) is 29.5 Å². The molecule has 0 bridgehead atoms. The van der Waals surface area contributed by atoms with E-state index in [9.17, 15) is 22.8 Å². The van der Waals surface area contributed by atoms with Gasteiger partial charge in [-0.2, -0.15) is 13.2 Å². The number of alkyl halides is 3. The third-order valence-electron chi connectivity index (χ3n) is 4.61. The largest absolute Gasteiger partial charge is 0.442 e. The van der Waals surface area contributed by atoms with E-state index in [1.807, 2.05) is 20.8 Å². The minimum absolute atomic E-state index is 0.00205. The van der Waals surface area contributed by atoms with Gasteiger partial charge in [0.2, 0.25) is 0 Å². The lowest BCUT2D eigenvalue weighted by atomic mass is 9.86.